The third-order valence-corrected chi connectivity index (χ3v) is 5.20. The monoisotopic (exact) mass is 452 g/mol. The van der Waals surface area contributed by atoms with Gasteiger partial charge in [0.1, 0.15) is 18.1 Å². The molecule has 1 saturated heterocycles. The van der Waals surface area contributed by atoms with Crippen molar-refractivity contribution in [2.75, 3.05) is 40.5 Å². The van der Waals surface area contributed by atoms with Gasteiger partial charge in [0.25, 0.3) is 5.91 Å². The first-order valence-corrected chi connectivity index (χ1v) is 11.1. The minimum Gasteiger partial charge on any atom is -0.497 e. The van der Waals surface area contributed by atoms with Crippen molar-refractivity contribution in [1.29, 1.82) is 0 Å². The van der Waals surface area contributed by atoms with Gasteiger partial charge in [-0.25, -0.2) is 0 Å². The molecule has 0 atom stereocenters. The van der Waals surface area contributed by atoms with Crippen LogP contribution in [0.2, 0.25) is 0 Å². The fraction of sp³-hybridized carbons (Fsp3) is 0.400. The van der Waals surface area contributed by atoms with Crippen molar-refractivity contribution in [2.24, 2.45) is 10.3 Å². The van der Waals surface area contributed by atoms with Crippen molar-refractivity contribution in [2.45, 2.75) is 26.5 Å². The van der Waals surface area contributed by atoms with Crippen molar-refractivity contribution in [3.8, 4) is 5.75 Å². The maximum Gasteiger partial charge on any atom is 0.276 e. The number of carbonyl (C=O) groups excluding carboxylic acids is 1. The van der Waals surface area contributed by atoms with Gasteiger partial charge < -0.3 is 19.2 Å². The number of amides is 1. The van der Waals surface area contributed by atoms with Crippen LogP contribution < -0.4 is 4.74 Å². The second kappa shape index (κ2) is 12.6. The van der Waals surface area contributed by atoms with Gasteiger partial charge in [-0.05, 0) is 29.7 Å². The Balaban J connectivity index is 1.79. The molecular weight excluding hydrogens is 420 g/mol. The lowest BCUT2D eigenvalue weighted by atomic mass is 10.1. The fourth-order valence-electron chi connectivity index (χ4n) is 3.38. The summed E-state index contributed by atoms with van der Waals surface area (Å²) < 4.78 is 10.6. The second-order valence-corrected chi connectivity index (χ2v) is 7.67. The average Bonchev–Trinajstić information content (AvgIpc) is 2.87. The molecule has 3 rings (SSSR count). The molecule has 8 heteroatoms. The minimum atomic E-state index is -0.163. The topological polar surface area (TPSA) is 76.0 Å². The number of methoxy groups -OCH3 is 1. The van der Waals surface area contributed by atoms with Crippen molar-refractivity contribution >= 4 is 17.3 Å². The summed E-state index contributed by atoms with van der Waals surface area (Å²) in [7, 11) is 3.48. The number of morpholine rings is 1. The molecule has 0 unspecified atom stereocenters. The van der Waals surface area contributed by atoms with Crippen LogP contribution >= 0.6 is 0 Å². The molecule has 0 aliphatic carbocycles. The summed E-state index contributed by atoms with van der Waals surface area (Å²) in [4.78, 5) is 20.7. The third-order valence-electron chi connectivity index (χ3n) is 5.20. The molecule has 0 aromatic heterocycles. The molecule has 33 heavy (non-hydrogen) atoms. The molecule has 2 aromatic rings. The first-order chi connectivity index (χ1) is 16.1. The Morgan fingerprint density at radius 1 is 1.06 bits per heavy atom. The summed E-state index contributed by atoms with van der Waals surface area (Å²) >= 11 is 0. The quantitative estimate of drug-likeness (QED) is 0.408. The van der Waals surface area contributed by atoms with Crippen LogP contribution in [0.3, 0.4) is 0 Å². The van der Waals surface area contributed by atoms with Gasteiger partial charge in [-0.15, -0.1) is 0 Å². The number of hydrogen-bond acceptors (Lipinski definition) is 7. The SMILES string of the molecule is CCC(=N\OCc1ccccc1)/C(=N/N(C)Cc1ccc(OC)cc1)C(=O)N1CCOCC1. The Morgan fingerprint density at radius 3 is 2.39 bits per heavy atom. The maximum atomic E-state index is 13.4. The highest BCUT2D eigenvalue weighted by Gasteiger charge is 2.26. The number of oxime groups is 1. The lowest BCUT2D eigenvalue weighted by Gasteiger charge is -2.28. The van der Waals surface area contributed by atoms with E-state index in [1.54, 1.807) is 17.0 Å². The summed E-state index contributed by atoms with van der Waals surface area (Å²) in [6.07, 6.45) is 0.514. The molecule has 1 fully saturated rings. The van der Waals surface area contributed by atoms with Crippen LogP contribution in [0, 0.1) is 0 Å². The van der Waals surface area contributed by atoms with Gasteiger partial charge in [-0.3, -0.25) is 9.80 Å². The molecule has 0 bridgehead atoms. The summed E-state index contributed by atoms with van der Waals surface area (Å²) in [5.74, 6) is 0.632. The van der Waals surface area contributed by atoms with Gasteiger partial charge in [-0.2, -0.15) is 5.10 Å². The Bertz CT molecular complexity index is 939. The molecule has 176 valence electrons. The molecule has 0 radical (unpaired) electrons. The Labute approximate surface area is 195 Å². The molecule has 0 saturated carbocycles. The first-order valence-electron chi connectivity index (χ1n) is 11.1. The number of ether oxygens (including phenoxy) is 2. The standard InChI is InChI=1S/C25H32N4O4/c1-4-23(27-33-19-21-8-6-5-7-9-21)24(25(30)29-14-16-32-17-15-29)26-28(2)18-20-10-12-22(31-3)13-11-20/h5-13H,4,14-19H2,1-3H3/b26-24-,27-23+. The molecule has 1 heterocycles. The molecule has 1 aliphatic rings. The van der Waals surface area contributed by atoms with E-state index in [2.05, 4.69) is 10.3 Å². The maximum absolute atomic E-state index is 13.4. The van der Waals surface area contributed by atoms with Gasteiger partial charge in [0.15, 0.2) is 5.71 Å². The highest BCUT2D eigenvalue weighted by molar-refractivity contribution is 6.66. The zero-order valence-corrected chi connectivity index (χ0v) is 19.6. The second-order valence-electron chi connectivity index (χ2n) is 7.67. The third kappa shape index (κ3) is 7.32. The highest BCUT2D eigenvalue weighted by atomic mass is 16.6. The molecule has 1 aliphatic heterocycles. The fourth-order valence-corrected chi connectivity index (χ4v) is 3.38. The van der Waals surface area contributed by atoms with Gasteiger partial charge in [0.05, 0.1) is 26.9 Å². The van der Waals surface area contributed by atoms with E-state index in [0.29, 0.717) is 57.3 Å². The van der Waals surface area contributed by atoms with E-state index in [0.717, 1.165) is 16.9 Å². The van der Waals surface area contributed by atoms with Crippen LogP contribution in [0.5, 0.6) is 5.75 Å². The predicted octanol–water partition coefficient (Wildman–Crippen LogP) is 3.32. The van der Waals surface area contributed by atoms with Crippen LogP contribution in [0.1, 0.15) is 24.5 Å². The average molecular weight is 453 g/mol. The van der Waals surface area contributed by atoms with Crippen molar-refractivity contribution in [3.63, 3.8) is 0 Å². The molecule has 1 amide bonds. The van der Waals surface area contributed by atoms with Crippen LogP contribution in [0.25, 0.3) is 0 Å². The predicted molar refractivity (Wildman–Crippen MR) is 128 cm³/mol. The van der Waals surface area contributed by atoms with Crippen LogP contribution in [-0.4, -0.2) is 67.7 Å². The molecule has 8 nitrogen and oxygen atoms in total. The van der Waals surface area contributed by atoms with Crippen molar-refractivity contribution in [1.82, 2.24) is 9.91 Å². The van der Waals surface area contributed by atoms with Gasteiger partial charge in [0, 0.05) is 20.1 Å². The van der Waals surface area contributed by atoms with Crippen molar-refractivity contribution in [3.05, 3.63) is 65.7 Å². The lowest BCUT2D eigenvalue weighted by Crippen LogP contribution is -2.46. The zero-order chi connectivity index (χ0) is 23.5. The van der Waals surface area contributed by atoms with E-state index < -0.39 is 0 Å². The summed E-state index contributed by atoms with van der Waals surface area (Å²) in [6, 6.07) is 17.6. The minimum absolute atomic E-state index is 0.163. The zero-order valence-electron chi connectivity index (χ0n) is 19.6. The van der Waals surface area contributed by atoms with Crippen LogP contribution in [0.4, 0.5) is 0 Å². The normalized spacial score (nSPS) is 14.7. The number of rotatable bonds is 10. The lowest BCUT2D eigenvalue weighted by molar-refractivity contribution is -0.127. The smallest absolute Gasteiger partial charge is 0.276 e. The van der Waals surface area contributed by atoms with E-state index >= 15 is 0 Å². The molecule has 0 N–H and O–H groups in total. The summed E-state index contributed by atoms with van der Waals surface area (Å²) in [6.45, 7) is 4.89. The number of carbonyl (C=O) groups is 1. The Hall–Kier alpha value is -3.39. The Morgan fingerprint density at radius 2 is 1.76 bits per heavy atom. The van der Waals surface area contributed by atoms with Gasteiger partial charge >= 0.3 is 0 Å². The van der Waals surface area contributed by atoms with E-state index in [-0.39, 0.29) is 5.91 Å². The van der Waals surface area contributed by atoms with Crippen LogP contribution in [0.15, 0.2) is 64.9 Å². The van der Waals surface area contributed by atoms with Crippen molar-refractivity contribution < 1.29 is 19.1 Å². The largest absolute Gasteiger partial charge is 0.497 e. The highest BCUT2D eigenvalue weighted by Crippen LogP contribution is 2.13. The van der Waals surface area contributed by atoms with Gasteiger partial charge in [0.2, 0.25) is 0 Å². The number of hydrogen-bond donors (Lipinski definition) is 0. The Kier molecular flexibility index (Phi) is 9.26. The van der Waals surface area contributed by atoms with E-state index in [1.165, 1.54) is 0 Å². The molecule has 2 aromatic carbocycles. The number of nitrogens with zero attached hydrogens (tertiary/aromatic N) is 4. The van der Waals surface area contributed by atoms with Gasteiger partial charge in [-0.1, -0.05) is 54.5 Å². The van der Waals surface area contributed by atoms with E-state index in [4.69, 9.17) is 14.3 Å². The summed E-state index contributed by atoms with van der Waals surface area (Å²) in [5.41, 5.74) is 2.87. The first kappa shape index (κ1) is 24.3. The number of hydrazone groups is 1. The van der Waals surface area contributed by atoms with E-state index in [9.17, 15) is 4.79 Å². The molecular formula is C25H32N4O4. The molecule has 0 spiro atoms. The number of benzene rings is 2. The van der Waals surface area contributed by atoms with Crippen LogP contribution in [-0.2, 0) is 27.5 Å². The summed E-state index contributed by atoms with van der Waals surface area (Å²) in [5, 5.41) is 10.7. The van der Waals surface area contributed by atoms with E-state index in [1.807, 2.05) is 68.6 Å².